The van der Waals surface area contributed by atoms with Crippen LogP contribution in [0.5, 0.6) is 0 Å². The standard InChI is InChI=1S/C53H34N2O2/c1-32-37(39-21-13-25-49-51(39)40-19-8-11-23-47(40)56-49)26-27-44(54-53(32)33-14-3-2-4-15-33)43-30-36(31-50-52(43)41-20-9-12-24-48(41)57-50)55-45-22-10-7-18-38(45)42-28-34-16-5-6-17-35(34)29-46(42)55/h2-25,27-31H,26H2,1H3. The smallest absolute Gasteiger partial charge is 0.138 e. The number of furan rings is 2. The molecule has 0 bridgehead atoms. The Hall–Kier alpha value is -7.43. The first kappa shape index (κ1) is 31.9. The Bertz CT molecular complexity index is 3550. The second kappa shape index (κ2) is 12.3. The van der Waals surface area contributed by atoms with Crippen molar-refractivity contribution in [2.75, 3.05) is 0 Å². The van der Waals surface area contributed by atoms with E-state index < -0.39 is 0 Å². The highest BCUT2D eigenvalue weighted by molar-refractivity contribution is 6.22. The molecule has 4 heteroatoms. The predicted octanol–water partition coefficient (Wildman–Crippen LogP) is 14.4. The van der Waals surface area contributed by atoms with Crippen LogP contribution in [0.4, 0.5) is 0 Å². The maximum Gasteiger partial charge on any atom is 0.138 e. The number of para-hydroxylation sites is 3. The number of aliphatic imine (C=N–C) groups is 1. The molecular weight excluding hydrogens is 697 g/mol. The lowest BCUT2D eigenvalue weighted by Crippen LogP contribution is -2.05. The number of aromatic nitrogens is 1. The van der Waals surface area contributed by atoms with Crippen molar-refractivity contribution >= 4 is 93.4 Å². The van der Waals surface area contributed by atoms with Crippen LogP contribution in [0.1, 0.15) is 30.0 Å². The molecular formula is C53H34N2O2. The van der Waals surface area contributed by atoms with Crippen molar-refractivity contribution in [1.29, 1.82) is 0 Å². The van der Waals surface area contributed by atoms with Crippen LogP contribution >= 0.6 is 0 Å². The lowest BCUT2D eigenvalue weighted by molar-refractivity contribution is 0.668. The van der Waals surface area contributed by atoms with Crippen LogP contribution in [0.2, 0.25) is 0 Å². The minimum atomic E-state index is 0.683. The quantitative estimate of drug-likeness (QED) is 0.181. The zero-order valence-electron chi connectivity index (χ0n) is 31.2. The molecule has 11 aromatic rings. The van der Waals surface area contributed by atoms with Crippen molar-refractivity contribution in [2.24, 2.45) is 4.99 Å². The highest BCUT2D eigenvalue weighted by atomic mass is 16.3. The molecule has 0 unspecified atom stereocenters. The molecule has 0 N–H and O–H groups in total. The second-order valence-corrected chi connectivity index (χ2v) is 15.0. The van der Waals surface area contributed by atoms with E-state index in [2.05, 4.69) is 175 Å². The van der Waals surface area contributed by atoms with E-state index in [0.29, 0.717) is 6.42 Å². The van der Waals surface area contributed by atoms with Gasteiger partial charge in [0.2, 0.25) is 0 Å². The number of hydrogen-bond donors (Lipinski definition) is 0. The average Bonchev–Trinajstić information content (AvgIpc) is 3.89. The molecule has 1 aliphatic heterocycles. The molecule has 0 fully saturated rings. The third kappa shape index (κ3) is 4.84. The van der Waals surface area contributed by atoms with Crippen molar-refractivity contribution < 1.29 is 8.83 Å². The van der Waals surface area contributed by atoms with Gasteiger partial charge in [0, 0.05) is 49.5 Å². The summed E-state index contributed by atoms with van der Waals surface area (Å²) in [5.74, 6) is 0. The van der Waals surface area contributed by atoms with Gasteiger partial charge >= 0.3 is 0 Å². The van der Waals surface area contributed by atoms with Gasteiger partial charge in [0.15, 0.2) is 0 Å². The molecule has 0 amide bonds. The Kier molecular flexibility index (Phi) is 6.87. The van der Waals surface area contributed by atoms with E-state index in [4.69, 9.17) is 13.8 Å². The monoisotopic (exact) mass is 730 g/mol. The Morgan fingerprint density at radius 1 is 0.491 bits per heavy atom. The summed E-state index contributed by atoms with van der Waals surface area (Å²) in [6.07, 6.45) is 3.00. The average molecular weight is 731 g/mol. The summed E-state index contributed by atoms with van der Waals surface area (Å²) in [6, 6.07) is 60.2. The summed E-state index contributed by atoms with van der Waals surface area (Å²) < 4.78 is 15.5. The SMILES string of the molecule is CC1=C(c2cccc3oc4ccccc4c23)CC=C(c2cc(-n3c4ccccc4c4cc5ccccc5cc43)cc3oc4ccccc4c23)N=C1c1ccccc1. The molecule has 4 nitrogen and oxygen atoms in total. The molecule has 268 valence electrons. The van der Waals surface area contributed by atoms with Gasteiger partial charge < -0.3 is 13.4 Å². The maximum atomic E-state index is 6.74. The molecule has 3 aromatic heterocycles. The van der Waals surface area contributed by atoms with Crippen LogP contribution in [0.15, 0.2) is 195 Å². The molecule has 8 aromatic carbocycles. The Labute approximate surface area is 327 Å². The number of allylic oxidation sites excluding steroid dienone is 3. The van der Waals surface area contributed by atoms with E-state index in [1.165, 1.54) is 32.7 Å². The maximum absolute atomic E-state index is 6.74. The predicted molar refractivity (Wildman–Crippen MR) is 237 cm³/mol. The Morgan fingerprint density at radius 3 is 1.91 bits per heavy atom. The van der Waals surface area contributed by atoms with Crippen LogP contribution < -0.4 is 0 Å². The highest BCUT2D eigenvalue weighted by Crippen LogP contribution is 2.43. The van der Waals surface area contributed by atoms with Crippen molar-refractivity contribution in [3.8, 4) is 5.69 Å². The van der Waals surface area contributed by atoms with Gasteiger partial charge in [-0.15, -0.1) is 0 Å². The summed E-state index contributed by atoms with van der Waals surface area (Å²) in [7, 11) is 0. The zero-order chi connectivity index (χ0) is 37.6. The summed E-state index contributed by atoms with van der Waals surface area (Å²) in [5.41, 5.74) is 14.3. The number of hydrogen-bond acceptors (Lipinski definition) is 3. The number of fused-ring (bicyclic) bond motifs is 10. The van der Waals surface area contributed by atoms with E-state index >= 15 is 0 Å². The van der Waals surface area contributed by atoms with Gasteiger partial charge in [0.25, 0.3) is 0 Å². The molecule has 4 heterocycles. The van der Waals surface area contributed by atoms with E-state index in [9.17, 15) is 0 Å². The first-order valence-corrected chi connectivity index (χ1v) is 19.5. The lowest BCUT2D eigenvalue weighted by Gasteiger charge is -2.14. The lowest BCUT2D eigenvalue weighted by atomic mass is 9.90. The first-order chi connectivity index (χ1) is 28.2. The summed E-state index contributed by atoms with van der Waals surface area (Å²) in [6.45, 7) is 2.22. The van der Waals surface area contributed by atoms with Gasteiger partial charge in [-0.1, -0.05) is 127 Å². The molecule has 0 saturated carbocycles. The second-order valence-electron chi connectivity index (χ2n) is 15.0. The third-order valence-corrected chi connectivity index (χ3v) is 11.9. The van der Waals surface area contributed by atoms with E-state index in [1.54, 1.807) is 0 Å². The highest BCUT2D eigenvalue weighted by Gasteiger charge is 2.24. The largest absolute Gasteiger partial charge is 0.456 e. The zero-order valence-corrected chi connectivity index (χ0v) is 31.2. The fourth-order valence-corrected chi connectivity index (χ4v) is 9.23. The Balaban J connectivity index is 1.15. The molecule has 0 spiro atoms. The summed E-state index contributed by atoms with van der Waals surface area (Å²) in [4.78, 5) is 5.67. The van der Waals surface area contributed by atoms with Gasteiger partial charge in [-0.3, -0.25) is 0 Å². The third-order valence-electron chi connectivity index (χ3n) is 11.9. The van der Waals surface area contributed by atoms with Gasteiger partial charge in [0.1, 0.15) is 22.3 Å². The summed E-state index contributed by atoms with van der Waals surface area (Å²) >= 11 is 0. The number of benzene rings is 8. The Morgan fingerprint density at radius 2 is 1.12 bits per heavy atom. The normalized spacial score (nSPS) is 13.8. The van der Waals surface area contributed by atoms with Gasteiger partial charge in [0.05, 0.1) is 28.1 Å². The number of nitrogens with zero attached hydrogens (tertiary/aromatic N) is 2. The molecule has 0 aliphatic carbocycles. The van der Waals surface area contributed by atoms with Gasteiger partial charge in [-0.2, -0.15) is 0 Å². The molecule has 12 rings (SSSR count). The molecule has 0 saturated heterocycles. The van der Waals surface area contributed by atoms with Gasteiger partial charge in [-0.05, 0) is 83.3 Å². The van der Waals surface area contributed by atoms with Crippen molar-refractivity contribution in [2.45, 2.75) is 13.3 Å². The molecule has 1 aliphatic rings. The van der Waals surface area contributed by atoms with Crippen molar-refractivity contribution in [1.82, 2.24) is 4.57 Å². The van der Waals surface area contributed by atoms with Crippen LogP contribution in [0.3, 0.4) is 0 Å². The first-order valence-electron chi connectivity index (χ1n) is 19.5. The fraction of sp³-hybridized carbons (Fsp3) is 0.0377. The van der Waals surface area contributed by atoms with E-state index in [1.807, 2.05) is 12.1 Å². The topological polar surface area (TPSA) is 43.6 Å². The summed E-state index contributed by atoms with van der Waals surface area (Å²) in [5, 5.41) is 9.26. The number of rotatable bonds is 4. The van der Waals surface area contributed by atoms with E-state index in [0.717, 1.165) is 88.7 Å². The van der Waals surface area contributed by atoms with Crippen molar-refractivity contribution in [3.05, 3.63) is 198 Å². The van der Waals surface area contributed by atoms with Gasteiger partial charge in [-0.25, -0.2) is 4.99 Å². The van der Waals surface area contributed by atoms with E-state index in [-0.39, 0.29) is 0 Å². The van der Waals surface area contributed by atoms with Crippen LogP contribution in [-0.4, -0.2) is 10.3 Å². The molecule has 0 atom stereocenters. The van der Waals surface area contributed by atoms with Crippen LogP contribution in [-0.2, 0) is 0 Å². The van der Waals surface area contributed by atoms with Crippen LogP contribution in [0.25, 0.3) is 93.4 Å². The van der Waals surface area contributed by atoms with Crippen LogP contribution in [0, 0.1) is 0 Å². The minimum absolute atomic E-state index is 0.683. The molecule has 0 radical (unpaired) electrons. The fourth-order valence-electron chi connectivity index (χ4n) is 9.23. The van der Waals surface area contributed by atoms with Crippen molar-refractivity contribution in [3.63, 3.8) is 0 Å². The minimum Gasteiger partial charge on any atom is -0.456 e. The molecule has 57 heavy (non-hydrogen) atoms.